The van der Waals surface area contributed by atoms with Crippen LogP contribution in [0.2, 0.25) is 28.8 Å². The van der Waals surface area contributed by atoms with E-state index >= 15 is 0 Å². The zero-order valence-corrected chi connectivity index (χ0v) is 34.5. The molecule has 3 nitrogen and oxygen atoms in total. The summed E-state index contributed by atoms with van der Waals surface area (Å²) in [6.45, 7) is 4.21. The Morgan fingerprint density at radius 1 is 0.681 bits per heavy atom. The van der Waals surface area contributed by atoms with Crippen molar-refractivity contribution in [1.29, 1.82) is 0 Å². The van der Waals surface area contributed by atoms with E-state index in [0.717, 1.165) is 39.1 Å². The molecule has 0 aliphatic carbocycles. The zero-order valence-electron chi connectivity index (χ0n) is 28.0. The second-order valence-electron chi connectivity index (χ2n) is 13.9. The second kappa shape index (κ2) is 13.0. The van der Waals surface area contributed by atoms with Gasteiger partial charge in [0.25, 0.3) is 0 Å². The Labute approximate surface area is 296 Å². The molecule has 6 heteroatoms. The number of furan rings is 1. The van der Waals surface area contributed by atoms with Crippen molar-refractivity contribution < 1.29 is 24.5 Å². The van der Waals surface area contributed by atoms with Gasteiger partial charge >= 0.3 is 279 Å². The third-order valence-electron chi connectivity index (χ3n) is 9.38. The summed E-state index contributed by atoms with van der Waals surface area (Å²) in [5.41, 5.74) is 11.0. The van der Waals surface area contributed by atoms with Crippen molar-refractivity contribution in [3.8, 4) is 33.6 Å². The smallest absolute Gasteiger partial charge is 0 e. The Balaban J connectivity index is 0.000000194. The van der Waals surface area contributed by atoms with Gasteiger partial charge in [0.1, 0.15) is 0 Å². The van der Waals surface area contributed by atoms with Crippen molar-refractivity contribution in [2.24, 2.45) is 0 Å². The van der Waals surface area contributed by atoms with E-state index in [4.69, 9.17) is 4.42 Å². The number of nitrogens with zero attached hydrogens (tertiary/aromatic N) is 2. The van der Waals surface area contributed by atoms with Gasteiger partial charge in [-0.2, -0.15) is 0 Å². The molecule has 8 rings (SSSR count). The van der Waals surface area contributed by atoms with Crippen LogP contribution in [0.25, 0.3) is 55.6 Å². The van der Waals surface area contributed by atoms with Crippen LogP contribution in [0.5, 0.6) is 0 Å². The molecule has 3 aromatic heterocycles. The SMILES string of the molecule is Cc1cnc(-c2[c-]ccc3c2oc2c[c]4c(cc23)-c2cccc[c]2[Ge]4([CH3])[CH3])cc1C.[CH3][Ge]([CH3])([CH3])[c]1ccc(-c2[c-]cccc2)nc1.[Ir]. The summed E-state index contributed by atoms with van der Waals surface area (Å²) in [7, 11) is 0. The Kier molecular flexibility index (Phi) is 9.27. The van der Waals surface area contributed by atoms with Crippen molar-refractivity contribution in [2.75, 3.05) is 0 Å². The quantitative estimate of drug-likeness (QED) is 0.131. The van der Waals surface area contributed by atoms with E-state index in [-0.39, 0.29) is 20.1 Å². The Hall–Kier alpha value is -3.28. The molecule has 0 N–H and O–H groups in total. The minimum absolute atomic E-state index is 0. The standard InChI is InChI=1S/C27H22GeNO.C14H16GeN.Ir/c1-16-12-25(29-15-17(16)2)20-10-7-9-19-22-13-21-18-8-5-6-11-23(18)28(3,4)24(21)14-26(22)30-27(19)20;1-15(2,3)13-9-10-14(16-11-13)12-7-5-4-6-8-12;/h5-9,11-15H,1-4H3;4-7,9-11H,1-3H3;/q2*-1;. The molecule has 0 saturated carbocycles. The predicted octanol–water partition coefficient (Wildman–Crippen LogP) is 8.96. The summed E-state index contributed by atoms with van der Waals surface area (Å²) in [6, 6.07) is 38.7. The van der Waals surface area contributed by atoms with Crippen LogP contribution in [0, 0.1) is 26.0 Å². The van der Waals surface area contributed by atoms with Crippen molar-refractivity contribution >= 4 is 61.7 Å². The molecule has 0 saturated heterocycles. The summed E-state index contributed by atoms with van der Waals surface area (Å²) in [6.07, 6.45) is 3.97. The largest absolute Gasteiger partial charge is 0 e. The third-order valence-corrected chi connectivity index (χ3v) is 21.1. The van der Waals surface area contributed by atoms with Crippen LogP contribution >= 0.6 is 0 Å². The summed E-state index contributed by atoms with van der Waals surface area (Å²) < 4.78 is 11.0. The first kappa shape index (κ1) is 33.6. The van der Waals surface area contributed by atoms with Crippen molar-refractivity contribution in [2.45, 2.75) is 42.6 Å². The summed E-state index contributed by atoms with van der Waals surface area (Å²) in [5, 5.41) is 2.31. The maximum absolute atomic E-state index is 6.48. The number of aromatic nitrogens is 2. The minimum Gasteiger partial charge on any atom is 0 e. The van der Waals surface area contributed by atoms with Crippen LogP contribution in [0.1, 0.15) is 11.1 Å². The number of hydrogen-bond donors (Lipinski definition) is 0. The summed E-state index contributed by atoms with van der Waals surface area (Å²) >= 11 is -4.02. The molecule has 1 aliphatic heterocycles. The van der Waals surface area contributed by atoms with E-state index in [0.29, 0.717) is 0 Å². The van der Waals surface area contributed by atoms with E-state index in [1.165, 1.54) is 36.4 Å². The van der Waals surface area contributed by atoms with Gasteiger partial charge in [-0.1, -0.05) is 0 Å². The number of pyridine rings is 2. The predicted molar refractivity (Wildman–Crippen MR) is 199 cm³/mol. The first-order chi connectivity index (χ1) is 22.0. The molecular weight excluding hydrogens is 874 g/mol. The van der Waals surface area contributed by atoms with Gasteiger partial charge in [0.2, 0.25) is 0 Å². The van der Waals surface area contributed by atoms with Crippen LogP contribution in [0.3, 0.4) is 0 Å². The Morgan fingerprint density at radius 3 is 2.15 bits per heavy atom. The Morgan fingerprint density at radius 2 is 1.45 bits per heavy atom. The van der Waals surface area contributed by atoms with Gasteiger partial charge in [-0.15, -0.1) is 0 Å². The topological polar surface area (TPSA) is 38.9 Å². The van der Waals surface area contributed by atoms with Gasteiger partial charge in [0, 0.05) is 20.1 Å². The first-order valence-electron chi connectivity index (χ1n) is 15.9. The van der Waals surface area contributed by atoms with E-state index in [9.17, 15) is 0 Å². The summed E-state index contributed by atoms with van der Waals surface area (Å²) in [4.78, 5) is 9.19. The van der Waals surface area contributed by atoms with Gasteiger partial charge in [0.15, 0.2) is 0 Å². The average molecular weight is 912 g/mol. The van der Waals surface area contributed by atoms with Crippen LogP contribution in [0.4, 0.5) is 0 Å². The molecule has 7 aromatic rings. The molecule has 47 heavy (non-hydrogen) atoms. The number of benzene rings is 4. The normalized spacial score (nSPS) is 13.0. The fourth-order valence-electron chi connectivity index (χ4n) is 6.44. The molecule has 237 valence electrons. The fraction of sp³-hybridized carbons (Fsp3) is 0.171. The van der Waals surface area contributed by atoms with Crippen LogP contribution in [-0.2, 0) is 20.1 Å². The molecule has 0 atom stereocenters. The molecule has 1 radical (unpaired) electrons. The van der Waals surface area contributed by atoms with Gasteiger partial charge < -0.3 is 0 Å². The molecule has 0 fully saturated rings. The maximum atomic E-state index is 6.48. The molecule has 4 aromatic carbocycles. The zero-order chi connectivity index (χ0) is 32.2. The number of fused-ring (bicyclic) bond motifs is 6. The van der Waals surface area contributed by atoms with Crippen LogP contribution in [-0.4, -0.2) is 36.5 Å². The van der Waals surface area contributed by atoms with E-state index in [2.05, 4.69) is 125 Å². The van der Waals surface area contributed by atoms with Gasteiger partial charge in [-0.25, -0.2) is 0 Å². The molecule has 0 spiro atoms. The molecule has 0 unspecified atom stereocenters. The monoisotopic (exact) mass is 915 g/mol. The average Bonchev–Trinajstić information content (AvgIpc) is 3.53. The fourth-order valence-corrected chi connectivity index (χ4v) is 15.0. The molecular formula is C41H38Ge2IrN2O-2. The number of aryl methyl sites for hydroxylation is 2. The first-order valence-corrected chi connectivity index (χ1v) is 29.5. The third kappa shape index (κ3) is 6.22. The van der Waals surface area contributed by atoms with E-state index < -0.39 is 26.5 Å². The molecule has 0 amide bonds. The molecule has 0 bridgehead atoms. The Bertz CT molecular complexity index is 2230. The van der Waals surface area contributed by atoms with Gasteiger partial charge in [-0.3, -0.25) is 0 Å². The maximum Gasteiger partial charge on any atom is 0 e. The number of rotatable bonds is 3. The van der Waals surface area contributed by atoms with Crippen molar-refractivity contribution in [1.82, 2.24) is 9.97 Å². The van der Waals surface area contributed by atoms with E-state index in [1.54, 1.807) is 4.40 Å². The number of hydrogen-bond acceptors (Lipinski definition) is 3. The van der Waals surface area contributed by atoms with E-state index in [1.807, 2.05) is 42.7 Å². The second-order valence-corrected chi connectivity index (χ2v) is 33.6. The van der Waals surface area contributed by atoms with Gasteiger partial charge in [-0.05, 0) is 0 Å². The molecule has 1 aliphatic rings. The summed E-state index contributed by atoms with van der Waals surface area (Å²) in [5.74, 6) is 12.1. The van der Waals surface area contributed by atoms with Crippen LogP contribution < -0.4 is 13.2 Å². The minimum atomic E-state index is -2.31. The van der Waals surface area contributed by atoms with Gasteiger partial charge in [0.05, 0.1) is 0 Å². The van der Waals surface area contributed by atoms with Crippen LogP contribution in [0.15, 0.2) is 108 Å². The van der Waals surface area contributed by atoms with Crippen molar-refractivity contribution in [3.63, 3.8) is 0 Å². The molecule has 4 heterocycles. The van der Waals surface area contributed by atoms with Crippen molar-refractivity contribution in [3.05, 3.63) is 127 Å².